The minimum atomic E-state index is 0.0983. The van der Waals surface area contributed by atoms with Crippen molar-refractivity contribution in [1.29, 1.82) is 0 Å². The van der Waals surface area contributed by atoms with Gasteiger partial charge in [-0.05, 0) is 56.5 Å². The molecule has 2 nitrogen and oxygen atoms in total. The van der Waals surface area contributed by atoms with Crippen molar-refractivity contribution in [3.05, 3.63) is 33.8 Å². The van der Waals surface area contributed by atoms with Crippen LogP contribution in [-0.2, 0) is 10.2 Å². The Morgan fingerprint density at radius 2 is 2.05 bits per heavy atom. The summed E-state index contributed by atoms with van der Waals surface area (Å²) in [4.78, 5) is 0. The molecule has 20 heavy (non-hydrogen) atoms. The molecule has 0 aliphatic heterocycles. The largest absolute Gasteiger partial charge is 0.381 e. The van der Waals surface area contributed by atoms with Crippen LogP contribution >= 0.6 is 23.2 Å². The molecule has 0 radical (unpaired) electrons. The molecule has 1 aliphatic rings. The quantitative estimate of drug-likeness (QED) is 0.816. The van der Waals surface area contributed by atoms with E-state index in [0.29, 0.717) is 21.9 Å². The van der Waals surface area contributed by atoms with Crippen molar-refractivity contribution in [2.24, 2.45) is 11.8 Å². The second kappa shape index (κ2) is 6.65. The van der Waals surface area contributed by atoms with Gasteiger partial charge in [-0.1, -0.05) is 36.2 Å². The fraction of sp³-hybridized carbons (Fsp3) is 0.625. The maximum Gasteiger partial charge on any atom is 0.0595 e. The van der Waals surface area contributed by atoms with Gasteiger partial charge < -0.3 is 10.1 Å². The second-order valence-electron chi connectivity index (χ2n) is 5.59. The van der Waals surface area contributed by atoms with Gasteiger partial charge in [-0.2, -0.15) is 0 Å². The molecule has 0 saturated heterocycles. The lowest BCUT2D eigenvalue weighted by atomic mass is 9.92. The van der Waals surface area contributed by atoms with E-state index < -0.39 is 0 Å². The molecule has 2 rings (SSSR count). The van der Waals surface area contributed by atoms with Crippen molar-refractivity contribution in [3.63, 3.8) is 0 Å². The van der Waals surface area contributed by atoms with Crippen LogP contribution in [-0.4, -0.2) is 26.8 Å². The number of halogens is 2. The van der Waals surface area contributed by atoms with E-state index in [9.17, 15) is 0 Å². The SMILES string of the molecule is CCOC[C@]1(c2ccc(Cl)c(Cl)c2)[C@H](CCNC)[C@@H]1C. The smallest absolute Gasteiger partial charge is 0.0595 e. The van der Waals surface area contributed by atoms with Gasteiger partial charge in [0.2, 0.25) is 0 Å². The van der Waals surface area contributed by atoms with Crippen molar-refractivity contribution >= 4 is 23.2 Å². The average molecular weight is 316 g/mol. The Morgan fingerprint density at radius 1 is 1.30 bits per heavy atom. The van der Waals surface area contributed by atoms with Crippen LogP contribution in [0.3, 0.4) is 0 Å². The standard InChI is InChI=1S/C16H23Cl2NO/c1-4-20-10-16(11(2)13(16)7-8-19-3)12-5-6-14(17)15(18)9-12/h5-6,9,11,13,19H,4,7-8,10H2,1-3H3/t11-,13+,16-/m0/s1. The van der Waals surface area contributed by atoms with E-state index in [2.05, 4.69) is 18.3 Å². The van der Waals surface area contributed by atoms with E-state index in [4.69, 9.17) is 27.9 Å². The first-order valence-electron chi connectivity index (χ1n) is 7.25. The number of hydrogen-bond acceptors (Lipinski definition) is 2. The molecule has 3 atom stereocenters. The predicted octanol–water partition coefficient (Wildman–Crippen LogP) is 4.14. The lowest BCUT2D eigenvalue weighted by Crippen LogP contribution is -2.21. The van der Waals surface area contributed by atoms with Crippen LogP contribution in [0, 0.1) is 11.8 Å². The normalized spacial score (nSPS) is 28.6. The molecule has 0 spiro atoms. The van der Waals surface area contributed by atoms with Crippen LogP contribution in [0.15, 0.2) is 18.2 Å². The molecule has 1 fully saturated rings. The number of hydrogen-bond donors (Lipinski definition) is 1. The minimum absolute atomic E-state index is 0.0983. The summed E-state index contributed by atoms with van der Waals surface area (Å²) in [5, 5.41) is 4.48. The molecule has 112 valence electrons. The van der Waals surface area contributed by atoms with Crippen LogP contribution in [0.2, 0.25) is 10.0 Å². The Labute approximate surface area is 131 Å². The predicted molar refractivity (Wildman–Crippen MR) is 85.8 cm³/mol. The first-order valence-corrected chi connectivity index (χ1v) is 8.01. The number of benzene rings is 1. The average Bonchev–Trinajstić information content (AvgIpc) is 3.02. The van der Waals surface area contributed by atoms with E-state index in [1.54, 1.807) is 0 Å². The maximum absolute atomic E-state index is 6.20. The Kier molecular flexibility index (Phi) is 5.36. The number of rotatable bonds is 7. The molecule has 1 aliphatic carbocycles. The molecule has 1 aromatic carbocycles. The third-order valence-electron chi connectivity index (χ3n) is 4.68. The summed E-state index contributed by atoms with van der Waals surface area (Å²) >= 11 is 12.2. The van der Waals surface area contributed by atoms with Gasteiger partial charge >= 0.3 is 0 Å². The van der Waals surface area contributed by atoms with Gasteiger partial charge in [0.25, 0.3) is 0 Å². The highest BCUT2D eigenvalue weighted by molar-refractivity contribution is 6.42. The van der Waals surface area contributed by atoms with Gasteiger partial charge in [0, 0.05) is 12.0 Å². The van der Waals surface area contributed by atoms with Gasteiger partial charge in [0.05, 0.1) is 16.7 Å². The van der Waals surface area contributed by atoms with Crippen molar-refractivity contribution in [2.45, 2.75) is 25.7 Å². The monoisotopic (exact) mass is 315 g/mol. The molecule has 0 amide bonds. The molecule has 4 heteroatoms. The first-order chi connectivity index (χ1) is 9.57. The lowest BCUT2D eigenvalue weighted by Gasteiger charge is -2.19. The molecule has 1 N–H and O–H groups in total. The van der Waals surface area contributed by atoms with E-state index >= 15 is 0 Å². The highest BCUT2D eigenvalue weighted by atomic mass is 35.5. The zero-order chi connectivity index (χ0) is 14.8. The summed E-state index contributed by atoms with van der Waals surface area (Å²) in [6, 6.07) is 6.01. The summed E-state index contributed by atoms with van der Waals surface area (Å²) in [6.07, 6.45) is 1.16. The Balaban J connectivity index is 2.26. The van der Waals surface area contributed by atoms with Crippen molar-refractivity contribution < 1.29 is 4.74 Å². The van der Waals surface area contributed by atoms with Gasteiger partial charge in [0.1, 0.15) is 0 Å². The molecular weight excluding hydrogens is 293 g/mol. The van der Waals surface area contributed by atoms with Crippen molar-refractivity contribution in [3.8, 4) is 0 Å². The summed E-state index contributed by atoms with van der Waals surface area (Å²) in [5.74, 6) is 1.25. The topological polar surface area (TPSA) is 21.3 Å². The van der Waals surface area contributed by atoms with E-state index in [1.165, 1.54) is 5.56 Å². The van der Waals surface area contributed by atoms with Gasteiger partial charge in [-0.15, -0.1) is 0 Å². The van der Waals surface area contributed by atoms with Crippen LogP contribution in [0.1, 0.15) is 25.8 Å². The molecule has 0 bridgehead atoms. The summed E-state index contributed by atoms with van der Waals surface area (Å²) < 4.78 is 5.77. The van der Waals surface area contributed by atoms with E-state index in [0.717, 1.165) is 26.2 Å². The summed E-state index contributed by atoms with van der Waals surface area (Å²) in [7, 11) is 2.00. The molecule has 1 saturated carbocycles. The maximum atomic E-state index is 6.20. The molecular formula is C16H23Cl2NO. The Hall–Kier alpha value is -0.280. The van der Waals surface area contributed by atoms with E-state index in [-0.39, 0.29) is 5.41 Å². The van der Waals surface area contributed by atoms with Crippen LogP contribution in [0.4, 0.5) is 0 Å². The molecule has 1 aromatic rings. The fourth-order valence-electron chi connectivity index (χ4n) is 3.39. The molecule has 0 unspecified atom stereocenters. The second-order valence-corrected chi connectivity index (χ2v) is 6.41. The third-order valence-corrected chi connectivity index (χ3v) is 5.42. The van der Waals surface area contributed by atoms with Gasteiger partial charge in [-0.25, -0.2) is 0 Å². The van der Waals surface area contributed by atoms with Crippen LogP contribution in [0.25, 0.3) is 0 Å². The zero-order valence-corrected chi connectivity index (χ0v) is 13.9. The van der Waals surface area contributed by atoms with Gasteiger partial charge in [-0.3, -0.25) is 0 Å². The Bertz CT molecular complexity index is 466. The molecule has 0 aromatic heterocycles. The van der Waals surface area contributed by atoms with Crippen molar-refractivity contribution in [1.82, 2.24) is 5.32 Å². The highest BCUT2D eigenvalue weighted by Crippen LogP contribution is 2.61. The lowest BCUT2D eigenvalue weighted by molar-refractivity contribution is 0.117. The highest BCUT2D eigenvalue weighted by Gasteiger charge is 2.62. The van der Waals surface area contributed by atoms with Crippen LogP contribution in [0.5, 0.6) is 0 Å². The Morgan fingerprint density at radius 3 is 2.65 bits per heavy atom. The zero-order valence-electron chi connectivity index (χ0n) is 12.4. The minimum Gasteiger partial charge on any atom is -0.381 e. The summed E-state index contributed by atoms with van der Waals surface area (Å²) in [6.45, 7) is 6.88. The fourth-order valence-corrected chi connectivity index (χ4v) is 3.69. The number of nitrogens with one attached hydrogen (secondary N) is 1. The van der Waals surface area contributed by atoms with E-state index in [1.807, 2.05) is 26.1 Å². The summed E-state index contributed by atoms with van der Waals surface area (Å²) in [5.41, 5.74) is 1.36. The molecule has 0 heterocycles. The number of ether oxygens (including phenoxy) is 1. The van der Waals surface area contributed by atoms with Crippen molar-refractivity contribution in [2.75, 3.05) is 26.8 Å². The van der Waals surface area contributed by atoms with Gasteiger partial charge in [0.15, 0.2) is 0 Å². The van der Waals surface area contributed by atoms with Crippen LogP contribution < -0.4 is 5.32 Å². The first kappa shape index (κ1) is 16.1. The third kappa shape index (κ3) is 2.85.